The van der Waals surface area contributed by atoms with Crippen LogP contribution < -0.4 is 10.6 Å². The number of carbonyl (C=O) groups is 1. The van der Waals surface area contributed by atoms with Gasteiger partial charge in [0.25, 0.3) is 5.91 Å². The van der Waals surface area contributed by atoms with Crippen molar-refractivity contribution in [3.05, 3.63) is 18.0 Å². The van der Waals surface area contributed by atoms with E-state index in [-0.39, 0.29) is 30.2 Å². The van der Waals surface area contributed by atoms with Crippen LogP contribution in [0.4, 0.5) is 5.95 Å². The van der Waals surface area contributed by atoms with Crippen molar-refractivity contribution in [1.29, 1.82) is 0 Å². The van der Waals surface area contributed by atoms with E-state index in [2.05, 4.69) is 20.6 Å². The fraction of sp³-hybridized carbons (Fsp3) is 0.615. The molecule has 2 rings (SSSR count). The number of hydrogen-bond donors (Lipinski definition) is 2. The summed E-state index contributed by atoms with van der Waals surface area (Å²) in [7, 11) is 1.30. The van der Waals surface area contributed by atoms with Gasteiger partial charge in [-0.2, -0.15) is 0 Å². The molecule has 23 heavy (non-hydrogen) atoms. The highest BCUT2D eigenvalue weighted by molar-refractivity contribution is 7.89. The Bertz CT molecular complexity index is 647. The van der Waals surface area contributed by atoms with Gasteiger partial charge in [-0.3, -0.25) is 4.79 Å². The van der Waals surface area contributed by atoms with Gasteiger partial charge in [-0.1, -0.05) is 0 Å². The maximum Gasteiger partial charge on any atom is 0.254 e. The van der Waals surface area contributed by atoms with Gasteiger partial charge >= 0.3 is 0 Å². The van der Waals surface area contributed by atoms with Crippen LogP contribution in [0.15, 0.2) is 12.4 Å². The van der Waals surface area contributed by atoms with Crippen molar-refractivity contribution in [1.82, 2.24) is 19.6 Å². The van der Waals surface area contributed by atoms with Gasteiger partial charge in [0.05, 0.1) is 30.6 Å². The zero-order chi connectivity index (χ0) is 17.0. The van der Waals surface area contributed by atoms with Gasteiger partial charge in [0.15, 0.2) is 0 Å². The Balaban J connectivity index is 2.01. The van der Waals surface area contributed by atoms with E-state index in [0.717, 1.165) is 0 Å². The summed E-state index contributed by atoms with van der Waals surface area (Å²) in [6.07, 6.45) is 2.82. The van der Waals surface area contributed by atoms with Gasteiger partial charge in [0.2, 0.25) is 16.0 Å². The number of carbonyl (C=O) groups excluding carboxylic acids is 1. The summed E-state index contributed by atoms with van der Waals surface area (Å²) in [5, 5.41) is 5.56. The largest absolute Gasteiger partial charge is 0.379 e. The molecular formula is C13H21N5O4S. The Morgan fingerprint density at radius 1 is 1.35 bits per heavy atom. The molecule has 0 spiro atoms. The Kier molecular flexibility index (Phi) is 5.50. The molecule has 0 saturated carbocycles. The minimum Gasteiger partial charge on any atom is -0.379 e. The van der Waals surface area contributed by atoms with Crippen LogP contribution in [0.25, 0.3) is 0 Å². The first-order chi connectivity index (χ1) is 10.8. The van der Waals surface area contributed by atoms with Crippen molar-refractivity contribution in [2.45, 2.75) is 6.04 Å². The smallest absolute Gasteiger partial charge is 0.254 e. The van der Waals surface area contributed by atoms with Gasteiger partial charge in [-0.15, -0.1) is 0 Å². The molecule has 2 N–H and O–H groups in total. The van der Waals surface area contributed by atoms with Crippen LogP contribution in [0.1, 0.15) is 10.4 Å². The minimum absolute atomic E-state index is 0.0693. The summed E-state index contributed by atoms with van der Waals surface area (Å²) < 4.78 is 30.5. The molecule has 0 bridgehead atoms. The van der Waals surface area contributed by atoms with Crippen LogP contribution in [0, 0.1) is 5.92 Å². The summed E-state index contributed by atoms with van der Waals surface area (Å²) in [4.78, 5) is 20.2. The minimum atomic E-state index is -3.35. The zero-order valence-corrected chi connectivity index (χ0v) is 14.1. The summed E-state index contributed by atoms with van der Waals surface area (Å²) in [6.45, 7) is 0.585. The summed E-state index contributed by atoms with van der Waals surface area (Å²) in [5.41, 5.74) is 0.310. The predicted molar refractivity (Wildman–Crippen MR) is 84.6 cm³/mol. The lowest BCUT2D eigenvalue weighted by molar-refractivity contribution is 0.0925. The number of nitrogens with one attached hydrogen (secondary N) is 2. The number of aromatic nitrogens is 2. The standard InChI is InChI=1S/C13H21N5O4S/c1-14-13-15-4-9(5-16-13)12(19)17-11-7-22-6-10(11)8-23(20,21)18(2)3/h4-5,10-11H,6-8H2,1-3H3,(H,17,19)(H,14,15,16)/t10-,11+/m0/s1. The van der Waals surface area contributed by atoms with Crippen LogP contribution in [-0.4, -0.2) is 74.7 Å². The molecule has 10 heteroatoms. The third-order valence-electron chi connectivity index (χ3n) is 3.63. The first-order valence-corrected chi connectivity index (χ1v) is 8.73. The SMILES string of the molecule is CNc1ncc(C(=O)N[C@@H]2COC[C@H]2CS(=O)(=O)N(C)C)cn1. The Labute approximate surface area is 135 Å². The van der Waals surface area contributed by atoms with Gasteiger partial charge < -0.3 is 15.4 Å². The second-order valence-electron chi connectivity index (χ2n) is 5.48. The van der Waals surface area contributed by atoms with Crippen molar-refractivity contribution in [3.63, 3.8) is 0 Å². The highest BCUT2D eigenvalue weighted by Crippen LogP contribution is 2.17. The van der Waals surface area contributed by atoms with Crippen LogP contribution in [0.2, 0.25) is 0 Å². The molecule has 9 nitrogen and oxygen atoms in total. The molecule has 1 aliphatic rings. The van der Waals surface area contributed by atoms with Gasteiger partial charge in [0.1, 0.15) is 0 Å². The average molecular weight is 343 g/mol. The van der Waals surface area contributed by atoms with E-state index in [1.165, 1.54) is 30.8 Å². The molecule has 0 aromatic carbocycles. The maximum atomic E-state index is 12.2. The number of ether oxygens (including phenoxy) is 1. The summed E-state index contributed by atoms with van der Waals surface area (Å²) >= 11 is 0. The average Bonchev–Trinajstić information content (AvgIpc) is 2.93. The van der Waals surface area contributed by atoms with E-state index >= 15 is 0 Å². The normalized spacial score (nSPS) is 21.4. The van der Waals surface area contributed by atoms with E-state index in [9.17, 15) is 13.2 Å². The van der Waals surface area contributed by atoms with Crippen LogP contribution in [0.3, 0.4) is 0 Å². The van der Waals surface area contributed by atoms with Crippen molar-refractivity contribution < 1.29 is 17.9 Å². The van der Waals surface area contributed by atoms with Crippen molar-refractivity contribution in [3.8, 4) is 0 Å². The molecule has 2 heterocycles. The highest BCUT2D eigenvalue weighted by Gasteiger charge is 2.34. The first kappa shape index (κ1) is 17.6. The lowest BCUT2D eigenvalue weighted by atomic mass is 10.1. The molecule has 1 aliphatic heterocycles. The van der Waals surface area contributed by atoms with E-state index in [1.54, 1.807) is 7.05 Å². The number of nitrogens with zero attached hydrogens (tertiary/aromatic N) is 3. The lowest BCUT2D eigenvalue weighted by Crippen LogP contribution is -2.43. The third-order valence-corrected chi connectivity index (χ3v) is 5.60. The number of anilines is 1. The summed E-state index contributed by atoms with van der Waals surface area (Å²) in [6, 6.07) is -0.360. The fourth-order valence-electron chi connectivity index (χ4n) is 2.17. The lowest BCUT2D eigenvalue weighted by Gasteiger charge is -2.20. The van der Waals surface area contributed by atoms with Crippen LogP contribution >= 0.6 is 0 Å². The molecule has 2 atom stereocenters. The molecular weight excluding hydrogens is 322 g/mol. The molecule has 1 aromatic heterocycles. The van der Waals surface area contributed by atoms with E-state index in [4.69, 9.17) is 4.74 Å². The number of amides is 1. The molecule has 0 aliphatic carbocycles. The van der Waals surface area contributed by atoms with Crippen LogP contribution in [-0.2, 0) is 14.8 Å². The van der Waals surface area contributed by atoms with Gasteiger partial charge in [-0.05, 0) is 0 Å². The number of sulfonamides is 1. The number of rotatable bonds is 6. The topological polar surface area (TPSA) is 114 Å². The van der Waals surface area contributed by atoms with E-state index in [0.29, 0.717) is 18.1 Å². The Morgan fingerprint density at radius 2 is 2.00 bits per heavy atom. The molecule has 0 radical (unpaired) electrons. The van der Waals surface area contributed by atoms with E-state index in [1.807, 2.05) is 0 Å². The maximum absolute atomic E-state index is 12.2. The fourth-order valence-corrected chi connectivity index (χ4v) is 3.34. The second-order valence-corrected chi connectivity index (χ2v) is 7.71. The predicted octanol–water partition coefficient (Wildman–Crippen LogP) is -0.845. The molecule has 1 fully saturated rings. The monoisotopic (exact) mass is 343 g/mol. The van der Waals surface area contributed by atoms with Crippen molar-refractivity contribution >= 4 is 21.9 Å². The van der Waals surface area contributed by atoms with Gasteiger partial charge in [0, 0.05) is 39.5 Å². The third kappa shape index (κ3) is 4.36. The molecule has 128 valence electrons. The Hall–Kier alpha value is -1.78. The number of hydrogen-bond acceptors (Lipinski definition) is 7. The quantitative estimate of drug-likeness (QED) is 0.692. The molecule has 0 unspecified atom stereocenters. The summed E-state index contributed by atoms with van der Waals surface area (Å²) in [5.74, 6) is -0.292. The zero-order valence-electron chi connectivity index (χ0n) is 13.3. The van der Waals surface area contributed by atoms with Gasteiger partial charge in [-0.25, -0.2) is 22.7 Å². The van der Waals surface area contributed by atoms with Crippen molar-refractivity contribution in [2.24, 2.45) is 5.92 Å². The molecule has 1 aromatic rings. The Morgan fingerprint density at radius 3 is 2.57 bits per heavy atom. The molecule has 1 amide bonds. The van der Waals surface area contributed by atoms with Crippen molar-refractivity contribution in [2.75, 3.05) is 45.4 Å². The van der Waals surface area contributed by atoms with E-state index < -0.39 is 10.0 Å². The highest BCUT2D eigenvalue weighted by atomic mass is 32.2. The van der Waals surface area contributed by atoms with Crippen LogP contribution in [0.5, 0.6) is 0 Å². The second kappa shape index (κ2) is 7.20. The molecule has 1 saturated heterocycles. The first-order valence-electron chi connectivity index (χ1n) is 7.12.